The lowest BCUT2D eigenvalue weighted by Crippen LogP contribution is -2.65. The zero-order valence-electron chi connectivity index (χ0n) is 57.5. The van der Waals surface area contributed by atoms with Gasteiger partial charge in [-0.2, -0.15) is 0 Å². The Hall–Kier alpha value is -7.68. The smallest absolute Gasteiger partial charge is 0.305 e. The zero-order valence-corrected chi connectivity index (χ0v) is 57.5. The van der Waals surface area contributed by atoms with E-state index >= 15 is 0 Å². The third-order valence-electron chi connectivity index (χ3n) is 15.6. The molecule has 18 N–H and O–H groups in total. The van der Waals surface area contributed by atoms with Gasteiger partial charge in [0.2, 0.25) is 65.0 Å². The van der Waals surface area contributed by atoms with Gasteiger partial charge in [-0.05, 0) is 79.6 Å². The Balaban J connectivity index is 2.18. The van der Waals surface area contributed by atoms with Crippen molar-refractivity contribution in [3.8, 4) is 0 Å². The number of Topliss-reactive ketones (excluding diaryl/α,β-unsaturated/α-hetero) is 1. The molecule has 556 valence electrons. The number of ether oxygens (including phenoxy) is 4. The van der Waals surface area contributed by atoms with Crippen molar-refractivity contribution in [2.45, 2.75) is 231 Å². The predicted molar refractivity (Wildman–Crippen MR) is 348 cm³/mol. The highest BCUT2D eigenvalue weighted by Gasteiger charge is 2.46. The van der Waals surface area contributed by atoms with Crippen molar-refractivity contribution >= 4 is 82.9 Å². The minimum atomic E-state index is -1.95. The molecule has 2 fully saturated rings. The second-order valence-electron chi connectivity index (χ2n) is 24.3. The second kappa shape index (κ2) is 45.1. The van der Waals surface area contributed by atoms with Gasteiger partial charge in [-0.3, -0.25) is 67.3 Å². The van der Waals surface area contributed by atoms with E-state index < -0.39 is 206 Å². The number of likely N-dealkylation sites (tertiary alicyclic amines) is 1. The first-order chi connectivity index (χ1) is 46.3. The molecule has 2 heterocycles. The topological polar surface area (TPSA) is 542 Å². The van der Waals surface area contributed by atoms with Crippen molar-refractivity contribution in [1.29, 1.82) is 0 Å². The molecule has 0 aromatic carbocycles. The molecular formula is C62H105N13O23. The van der Waals surface area contributed by atoms with Crippen LogP contribution in [0.4, 0.5) is 0 Å². The number of amides is 11. The lowest BCUT2D eigenvalue weighted by Gasteiger charge is -2.42. The molecule has 2 aliphatic rings. The van der Waals surface area contributed by atoms with Crippen molar-refractivity contribution in [2.75, 3.05) is 59.3 Å². The number of carbonyl (C=O) groups excluding carboxylic acids is 12. The zero-order chi connectivity index (χ0) is 73.9. The molecule has 0 radical (unpaired) electrons. The highest BCUT2D eigenvalue weighted by Crippen LogP contribution is 2.24. The van der Waals surface area contributed by atoms with Crippen molar-refractivity contribution < 1.29 is 112 Å². The van der Waals surface area contributed by atoms with Gasteiger partial charge in [-0.1, -0.05) is 46.1 Å². The number of aliphatic hydroxyl groups excluding tert-OH is 5. The Bertz CT molecular complexity index is 2720. The number of aliphatic hydroxyl groups is 5. The average molecular weight is 1400 g/mol. The Morgan fingerprint density at radius 1 is 0.663 bits per heavy atom. The maximum Gasteiger partial charge on any atom is 0.305 e. The van der Waals surface area contributed by atoms with Crippen molar-refractivity contribution in [3.05, 3.63) is 11.8 Å². The van der Waals surface area contributed by atoms with Crippen LogP contribution in [0, 0.1) is 5.92 Å². The van der Waals surface area contributed by atoms with Crippen LogP contribution in [0.3, 0.4) is 0 Å². The van der Waals surface area contributed by atoms with E-state index in [-0.39, 0.29) is 58.2 Å². The van der Waals surface area contributed by atoms with E-state index in [0.717, 1.165) is 18.2 Å². The molecule has 2 rings (SSSR count). The number of nitrogens with two attached hydrogens (primary N) is 1. The van der Waals surface area contributed by atoms with E-state index in [1.807, 2.05) is 13.8 Å². The summed E-state index contributed by atoms with van der Waals surface area (Å²) < 4.78 is 22.1. The highest BCUT2D eigenvalue weighted by molar-refractivity contribution is 5.99. The molecular weight excluding hydrogens is 1290 g/mol. The summed E-state index contributed by atoms with van der Waals surface area (Å²) in [6.07, 6.45) is -5.80. The first kappa shape index (κ1) is 86.4. The van der Waals surface area contributed by atoms with Crippen LogP contribution in [0.15, 0.2) is 16.8 Å². The molecule has 0 bridgehead atoms. The van der Waals surface area contributed by atoms with Gasteiger partial charge in [0, 0.05) is 45.0 Å². The van der Waals surface area contributed by atoms with Crippen LogP contribution in [-0.4, -0.2) is 275 Å². The summed E-state index contributed by atoms with van der Waals surface area (Å²) in [5.74, 6) is -13.1. The number of aliphatic imine (C=N–C) groups is 1. The minimum Gasteiger partial charge on any atom is -0.481 e. The van der Waals surface area contributed by atoms with Crippen molar-refractivity contribution in [3.63, 3.8) is 0 Å². The van der Waals surface area contributed by atoms with Gasteiger partial charge >= 0.3 is 5.97 Å². The molecule has 0 spiro atoms. The van der Waals surface area contributed by atoms with Crippen LogP contribution < -0.4 is 58.9 Å². The van der Waals surface area contributed by atoms with Crippen LogP contribution in [-0.2, 0) is 81.3 Å². The van der Waals surface area contributed by atoms with Crippen molar-refractivity contribution in [1.82, 2.24) is 58.1 Å². The van der Waals surface area contributed by atoms with Crippen molar-refractivity contribution in [2.24, 2.45) is 16.6 Å². The number of carboxylic acids is 1. The van der Waals surface area contributed by atoms with Crippen LogP contribution in [0.5, 0.6) is 0 Å². The normalized spacial score (nSPS) is 20.9. The monoisotopic (exact) mass is 1400 g/mol. The summed E-state index contributed by atoms with van der Waals surface area (Å²) in [7, 11) is 0. The molecule has 11 amide bonds. The third kappa shape index (κ3) is 29.8. The van der Waals surface area contributed by atoms with E-state index in [0.29, 0.717) is 38.2 Å². The van der Waals surface area contributed by atoms with Gasteiger partial charge in [0.05, 0.1) is 70.3 Å². The Morgan fingerprint density at radius 3 is 1.86 bits per heavy atom. The lowest BCUT2D eigenvalue weighted by atomic mass is 9.97. The molecule has 0 aliphatic carbocycles. The maximum absolute atomic E-state index is 14.1. The van der Waals surface area contributed by atoms with Crippen LogP contribution >= 0.6 is 0 Å². The molecule has 36 nitrogen and oxygen atoms in total. The van der Waals surface area contributed by atoms with E-state index in [2.05, 4.69) is 58.2 Å². The Kier molecular flexibility index (Phi) is 39.7. The Morgan fingerprint density at radius 2 is 1.27 bits per heavy atom. The molecule has 0 aromatic heterocycles. The van der Waals surface area contributed by atoms with Gasteiger partial charge in [-0.25, -0.2) is 0 Å². The quantitative estimate of drug-likeness (QED) is 0.0199. The molecule has 0 saturated carbocycles. The lowest BCUT2D eigenvalue weighted by molar-refractivity contribution is -0.277. The summed E-state index contributed by atoms with van der Waals surface area (Å²) in [6, 6.07) is -15.5. The largest absolute Gasteiger partial charge is 0.481 e. The molecule has 0 aromatic rings. The summed E-state index contributed by atoms with van der Waals surface area (Å²) >= 11 is 0. The second-order valence-corrected chi connectivity index (χ2v) is 24.3. The molecule has 2 aliphatic heterocycles. The number of carboxylic acid groups (broad SMARTS) is 1. The van der Waals surface area contributed by atoms with E-state index in [9.17, 15) is 93.0 Å². The summed E-state index contributed by atoms with van der Waals surface area (Å²) in [5, 5.41) is 85.7. The SMILES string of the molecule is C/C=N\C=C(/C)C[C@H](NC(=O)CCC(=O)NCCOCCOCCC)C(=O)NCC(=O)NC(C(=O)N[C@H](C(=O)N[C@@H](CO)C(=O)N[C@@H](C)C(=O)N1CCCC1C(=O)N[C@@H](CC(=O)O)C(=O)N[C@H](C(=O)N[C@@H](CCCC)C(C)=O)C(C)O[C@H]1OC(CO)[C@H](O)[C@H](O)C1N)C(C)O)C(C)C. The van der Waals surface area contributed by atoms with Gasteiger partial charge in [-0.15, -0.1) is 0 Å². The van der Waals surface area contributed by atoms with Gasteiger partial charge in [0.15, 0.2) is 12.1 Å². The molecule has 2 saturated heterocycles. The van der Waals surface area contributed by atoms with E-state index in [4.69, 9.17) is 24.7 Å². The van der Waals surface area contributed by atoms with E-state index in [1.165, 1.54) is 47.0 Å². The van der Waals surface area contributed by atoms with Gasteiger partial charge < -0.3 is 113 Å². The number of hydrogen-bond acceptors (Lipinski definition) is 24. The molecule has 98 heavy (non-hydrogen) atoms. The highest BCUT2D eigenvalue weighted by atomic mass is 16.7. The standard InChI is InChI=1S/C62H105N13O23/c1-11-14-16-38(35(8)78)69-60(93)51(37(10)97-62-48(63)53(86)52(85)43(31-77)98-62)74-55(88)40(27-47(83)84)70-57(90)42-17-15-21-75(42)61(94)34(7)67-56(89)41(30-76)71-59(92)50(36(9)79)73-58(91)49(32(4)5)72-46(82)29-66-54(87)39(26-33(6)28-64-13-3)68-45(81)19-18-44(80)65-20-23-96-25-24-95-22-12-2/h13,28,32,34,36-43,48-53,62,76-77,79,85-86H,11-12,14-27,29-31,63H2,1-10H3,(H,65,80)(H,66,87)(H,67,89)(H,68,81)(H,69,93)(H,70,90)(H,71,92)(H,72,82)(H,73,91)(H,74,88)(H,83,84)/b33-28+,64-13-/t34-,36?,37?,38-,39-,40-,41-,42?,43?,48?,49?,50-,51-,52-,53+,62-/m0/s1. The predicted octanol–water partition coefficient (Wildman–Crippen LogP) is -5.83. The number of hydrogen-bond donors (Lipinski definition) is 17. The number of nitrogens with zero attached hydrogens (tertiary/aromatic N) is 2. The molecule has 6 unspecified atom stereocenters. The number of nitrogens with one attached hydrogen (secondary N) is 10. The number of carbonyl (C=O) groups is 13. The fraction of sp³-hybridized carbons (Fsp3) is 0.742. The van der Waals surface area contributed by atoms with E-state index in [1.54, 1.807) is 13.8 Å². The number of rotatable bonds is 45. The molecule has 16 atom stereocenters. The van der Waals surface area contributed by atoms with Gasteiger partial charge in [0.1, 0.15) is 66.6 Å². The fourth-order valence-corrected chi connectivity index (χ4v) is 10.0. The summed E-state index contributed by atoms with van der Waals surface area (Å²) in [5.41, 5.74) is 6.63. The Labute approximate surface area is 569 Å². The summed E-state index contributed by atoms with van der Waals surface area (Å²) in [6.45, 7) is 14.1. The minimum absolute atomic E-state index is 0.0371. The fourth-order valence-electron chi connectivity index (χ4n) is 10.0. The maximum atomic E-state index is 14.1. The first-order valence-corrected chi connectivity index (χ1v) is 32.9. The summed E-state index contributed by atoms with van der Waals surface area (Å²) in [4.78, 5) is 179. The van der Waals surface area contributed by atoms with Crippen LogP contribution in [0.2, 0.25) is 0 Å². The third-order valence-corrected chi connectivity index (χ3v) is 15.6. The number of ketones is 1. The molecule has 36 heteroatoms. The number of aliphatic carboxylic acids is 1. The van der Waals surface area contributed by atoms with Gasteiger partial charge in [0.25, 0.3) is 0 Å². The van der Waals surface area contributed by atoms with Crippen LogP contribution in [0.25, 0.3) is 0 Å². The van der Waals surface area contributed by atoms with Crippen LogP contribution in [0.1, 0.15) is 133 Å². The first-order valence-electron chi connectivity index (χ1n) is 32.9. The average Bonchev–Trinajstić information content (AvgIpc) is 1.13. The number of unbranched alkanes of at least 4 members (excludes halogenated alkanes) is 1.